The second-order valence-electron chi connectivity index (χ2n) is 7.67. The molecule has 3 rings (SSSR count). The van der Waals surface area contributed by atoms with Crippen molar-refractivity contribution >= 4 is 17.6 Å². The molecule has 3 N–H and O–H groups in total. The number of nitrogens with one attached hydrogen (secondary N) is 3. The molecule has 2 amide bonds. The van der Waals surface area contributed by atoms with Crippen molar-refractivity contribution < 1.29 is 14.1 Å². The first-order chi connectivity index (χ1) is 12.8. The minimum absolute atomic E-state index is 0.0369. The van der Waals surface area contributed by atoms with Crippen LogP contribution in [0.25, 0.3) is 0 Å². The molecule has 0 bridgehead atoms. The quantitative estimate of drug-likeness (QED) is 0.696. The lowest BCUT2D eigenvalue weighted by atomic mass is 9.94. The molecule has 7 nitrogen and oxygen atoms in total. The normalized spacial score (nSPS) is 19.5. The van der Waals surface area contributed by atoms with E-state index in [4.69, 9.17) is 4.52 Å². The Morgan fingerprint density at radius 2 is 2.11 bits per heavy atom. The molecule has 27 heavy (non-hydrogen) atoms. The van der Waals surface area contributed by atoms with Crippen LogP contribution in [0.15, 0.2) is 40.9 Å². The Labute approximate surface area is 158 Å². The summed E-state index contributed by atoms with van der Waals surface area (Å²) in [5.74, 6) is 0.845. The molecule has 0 radical (unpaired) electrons. The molecule has 144 valence electrons. The van der Waals surface area contributed by atoms with E-state index in [9.17, 15) is 9.59 Å². The van der Waals surface area contributed by atoms with Gasteiger partial charge in [0, 0.05) is 17.5 Å². The van der Waals surface area contributed by atoms with E-state index in [0.29, 0.717) is 24.5 Å². The Bertz CT molecular complexity index is 801. The van der Waals surface area contributed by atoms with Gasteiger partial charge in [0.1, 0.15) is 11.8 Å². The molecule has 1 aliphatic rings. The van der Waals surface area contributed by atoms with Gasteiger partial charge >= 0.3 is 0 Å². The molecule has 0 aliphatic carbocycles. The molecule has 7 heteroatoms. The van der Waals surface area contributed by atoms with E-state index in [0.717, 1.165) is 12.0 Å². The third-order valence-corrected chi connectivity index (χ3v) is 4.70. The molecule has 1 aliphatic heterocycles. The standard InChI is InChI=1S/C20H26N4O3/c1-13-11-16(24-27-13)22-19(26)17(14-7-5-4-6-8-14)21-10-9-15-12-20(2,3)23-18(15)25/h4-8,11,15,17,21H,9-10,12H2,1-3H3,(H,23,25)(H,22,24,26). The van der Waals surface area contributed by atoms with Crippen LogP contribution in [0, 0.1) is 12.8 Å². The first-order valence-corrected chi connectivity index (χ1v) is 9.18. The highest BCUT2D eigenvalue weighted by Crippen LogP contribution is 2.26. The van der Waals surface area contributed by atoms with Crippen molar-refractivity contribution in [2.75, 3.05) is 11.9 Å². The van der Waals surface area contributed by atoms with Gasteiger partial charge in [0.2, 0.25) is 11.8 Å². The number of aryl methyl sites for hydroxylation is 1. The predicted octanol–water partition coefficient (Wildman–Crippen LogP) is 2.56. The number of anilines is 1. The van der Waals surface area contributed by atoms with Gasteiger partial charge in [0.15, 0.2) is 5.82 Å². The molecule has 0 spiro atoms. The lowest BCUT2D eigenvalue weighted by molar-refractivity contribution is -0.122. The van der Waals surface area contributed by atoms with Crippen LogP contribution in [0.3, 0.4) is 0 Å². The monoisotopic (exact) mass is 370 g/mol. The van der Waals surface area contributed by atoms with Gasteiger partial charge in [-0.2, -0.15) is 0 Å². The average Bonchev–Trinajstić information content (AvgIpc) is 3.13. The van der Waals surface area contributed by atoms with E-state index < -0.39 is 6.04 Å². The van der Waals surface area contributed by atoms with Crippen molar-refractivity contribution in [1.82, 2.24) is 15.8 Å². The Hall–Kier alpha value is -2.67. The average molecular weight is 370 g/mol. The van der Waals surface area contributed by atoms with Gasteiger partial charge in [0.25, 0.3) is 0 Å². The summed E-state index contributed by atoms with van der Waals surface area (Å²) in [5.41, 5.74) is 0.689. The van der Waals surface area contributed by atoms with E-state index in [2.05, 4.69) is 21.1 Å². The summed E-state index contributed by atoms with van der Waals surface area (Å²) in [6.07, 6.45) is 1.48. The number of hydrogen-bond acceptors (Lipinski definition) is 5. The number of rotatable bonds is 7. The fraction of sp³-hybridized carbons (Fsp3) is 0.450. The number of carbonyl (C=O) groups excluding carboxylic acids is 2. The molecule has 2 unspecified atom stereocenters. The van der Waals surface area contributed by atoms with Gasteiger partial charge in [-0.25, -0.2) is 0 Å². The molecule has 1 fully saturated rings. The lowest BCUT2D eigenvalue weighted by Crippen LogP contribution is -2.35. The zero-order valence-electron chi connectivity index (χ0n) is 15.9. The second-order valence-corrected chi connectivity index (χ2v) is 7.67. The van der Waals surface area contributed by atoms with Gasteiger partial charge in [0.05, 0.1) is 0 Å². The van der Waals surface area contributed by atoms with E-state index >= 15 is 0 Å². The molecule has 1 aromatic heterocycles. The van der Waals surface area contributed by atoms with Crippen LogP contribution in [-0.4, -0.2) is 29.1 Å². The largest absolute Gasteiger partial charge is 0.360 e. The maximum Gasteiger partial charge on any atom is 0.247 e. The van der Waals surface area contributed by atoms with Crippen molar-refractivity contribution in [3.05, 3.63) is 47.7 Å². The molecular formula is C20H26N4O3. The summed E-state index contributed by atoms with van der Waals surface area (Å²) in [6.45, 7) is 6.37. The summed E-state index contributed by atoms with van der Waals surface area (Å²) >= 11 is 0. The number of aromatic nitrogens is 1. The zero-order valence-corrected chi connectivity index (χ0v) is 15.9. The van der Waals surface area contributed by atoms with Gasteiger partial charge in [-0.3, -0.25) is 9.59 Å². The van der Waals surface area contributed by atoms with Crippen molar-refractivity contribution in [2.45, 2.75) is 45.2 Å². The Balaban J connectivity index is 1.64. The summed E-state index contributed by atoms with van der Waals surface area (Å²) in [4.78, 5) is 24.9. The Morgan fingerprint density at radius 1 is 1.37 bits per heavy atom. The van der Waals surface area contributed by atoms with E-state index in [1.807, 2.05) is 44.2 Å². The Morgan fingerprint density at radius 3 is 2.70 bits per heavy atom. The highest BCUT2D eigenvalue weighted by molar-refractivity contribution is 5.94. The molecular weight excluding hydrogens is 344 g/mol. The summed E-state index contributed by atoms with van der Waals surface area (Å²) in [6, 6.07) is 10.6. The molecule has 2 aromatic rings. The smallest absolute Gasteiger partial charge is 0.247 e. The maximum absolute atomic E-state index is 12.8. The predicted molar refractivity (Wildman–Crippen MR) is 102 cm³/mol. The number of hydrogen-bond donors (Lipinski definition) is 3. The van der Waals surface area contributed by atoms with Crippen LogP contribution in [0.5, 0.6) is 0 Å². The van der Waals surface area contributed by atoms with Gasteiger partial charge in [-0.1, -0.05) is 35.5 Å². The van der Waals surface area contributed by atoms with Gasteiger partial charge in [-0.05, 0) is 45.7 Å². The van der Waals surface area contributed by atoms with Crippen molar-refractivity contribution in [3.63, 3.8) is 0 Å². The minimum Gasteiger partial charge on any atom is -0.360 e. The molecule has 1 aromatic carbocycles. The first-order valence-electron chi connectivity index (χ1n) is 9.18. The third kappa shape index (κ3) is 4.95. The highest BCUT2D eigenvalue weighted by Gasteiger charge is 2.36. The van der Waals surface area contributed by atoms with E-state index in [-0.39, 0.29) is 23.3 Å². The van der Waals surface area contributed by atoms with Crippen molar-refractivity contribution in [1.29, 1.82) is 0 Å². The number of benzene rings is 1. The Kier molecular flexibility index (Phi) is 5.60. The number of carbonyl (C=O) groups is 2. The third-order valence-electron chi connectivity index (χ3n) is 4.70. The van der Waals surface area contributed by atoms with Crippen LogP contribution in [0.2, 0.25) is 0 Å². The fourth-order valence-corrected chi connectivity index (χ4v) is 3.46. The minimum atomic E-state index is -0.541. The van der Waals surface area contributed by atoms with Crippen LogP contribution in [-0.2, 0) is 9.59 Å². The van der Waals surface area contributed by atoms with E-state index in [1.165, 1.54) is 0 Å². The van der Waals surface area contributed by atoms with E-state index in [1.54, 1.807) is 13.0 Å². The van der Waals surface area contributed by atoms with Crippen LogP contribution >= 0.6 is 0 Å². The topological polar surface area (TPSA) is 96.3 Å². The fourth-order valence-electron chi connectivity index (χ4n) is 3.46. The molecule has 2 atom stereocenters. The summed E-state index contributed by atoms with van der Waals surface area (Å²) < 4.78 is 5.00. The molecule has 1 saturated heterocycles. The molecule has 0 saturated carbocycles. The maximum atomic E-state index is 12.8. The van der Waals surface area contributed by atoms with Crippen LogP contribution in [0.4, 0.5) is 5.82 Å². The van der Waals surface area contributed by atoms with Crippen LogP contribution < -0.4 is 16.0 Å². The van der Waals surface area contributed by atoms with Crippen LogP contribution in [0.1, 0.15) is 44.1 Å². The number of nitrogens with zero attached hydrogens (tertiary/aromatic N) is 1. The highest BCUT2D eigenvalue weighted by atomic mass is 16.5. The molecule has 2 heterocycles. The zero-order chi connectivity index (χ0) is 19.4. The summed E-state index contributed by atoms with van der Waals surface area (Å²) in [7, 11) is 0. The van der Waals surface area contributed by atoms with Crippen molar-refractivity contribution in [3.8, 4) is 0 Å². The van der Waals surface area contributed by atoms with Gasteiger partial charge in [-0.15, -0.1) is 0 Å². The summed E-state index contributed by atoms with van der Waals surface area (Å²) in [5, 5.41) is 12.9. The first kappa shape index (κ1) is 19.1. The lowest BCUT2D eigenvalue weighted by Gasteiger charge is -2.19. The SMILES string of the molecule is Cc1cc(NC(=O)C(NCCC2CC(C)(C)NC2=O)c2ccccc2)no1. The number of amides is 2. The van der Waals surface area contributed by atoms with Crippen molar-refractivity contribution in [2.24, 2.45) is 5.92 Å². The van der Waals surface area contributed by atoms with Gasteiger partial charge < -0.3 is 20.5 Å². The second kappa shape index (κ2) is 7.92.